The molecule has 20 heavy (non-hydrogen) atoms. The summed E-state index contributed by atoms with van der Waals surface area (Å²) in [6, 6.07) is 5.07. The van der Waals surface area contributed by atoms with E-state index in [1.54, 1.807) is 0 Å². The molecule has 1 aromatic heterocycles. The molecule has 2 aromatic rings. The van der Waals surface area contributed by atoms with Gasteiger partial charge in [0.2, 0.25) is 0 Å². The van der Waals surface area contributed by atoms with Gasteiger partial charge in [0.05, 0.1) is 17.8 Å². The second-order valence-corrected chi connectivity index (χ2v) is 4.12. The average molecular weight is 285 g/mol. The van der Waals surface area contributed by atoms with Crippen LogP contribution in [0, 0.1) is 5.82 Å². The first-order valence-corrected chi connectivity index (χ1v) is 5.66. The Morgan fingerprint density at radius 3 is 2.45 bits per heavy atom. The molecule has 0 bridgehead atoms. The number of halogens is 4. The van der Waals surface area contributed by atoms with Crippen LogP contribution in [0.25, 0.3) is 0 Å². The molecular weight excluding hydrogens is 274 g/mol. The zero-order valence-electron chi connectivity index (χ0n) is 10.2. The number of nitrogens with two attached hydrogens (primary N) is 1. The van der Waals surface area contributed by atoms with Crippen molar-refractivity contribution in [1.29, 1.82) is 0 Å². The number of pyridine rings is 1. The summed E-state index contributed by atoms with van der Waals surface area (Å²) < 4.78 is 52.1. The fourth-order valence-corrected chi connectivity index (χ4v) is 1.96. The SMILES string of the molecule is NNC(c1cncc(F)c1)c1ccccc1C(F)(F)F. The molecule has 0 aliphatic rings. The Morgan fingerprint density at radius 1 is 1.15 bits per heavy atom. The summed E-state index contributed by atoms with van der Waals surface area (Å²) in [7, 11) is 0. The number of hydrogen-bond acceptors (Lipinski definition) is 3. The van der Waals surface area contributed by atoms with Gasteiger partial charge in [0.1, 0.15) is 5.82 Å². The first kappa shape index (κ1) is 14.4. The van der Waals surface area contributed by atoms with Gasteiger partial charge in [-0.3, -0.25) is 10.8 Å². The highest BCUT2D eigenvalue weighted by Crippen LogP contribution is 2.36. The van der Waals surface area contributed by atoms with Gasteiger partial charge in [-0.05, 0) is 23.3 Å². The van der Waals surface area contributed by atoms with Gasteiger partial charge in [-0.25, -0.2) is 9.82 Å². The van der Waals surface area contributed by atoms with Crippen LogP contribution in [0.15, 0.2) is 42.7 Å². The van der Waals surface area contributed by atoms with Gasteiger partial charge in [-0.15, -0.1) is 0 Å². The molecule has 2 rings (SSSR count). The third-order valence-electron chi connectivity index (χ3n) is 2.80. The van der Waals surface area contributed by atoms with E-state index in [1.165, 1.54) is 24.4 Å². The molecule has 0 amide bonds. The third-order valence-corrected chi connectivity index (χ3v) is 2.80. The molecule has 0 saturated heterocycles. The molecule has 3 N–H and O–H groups in total. The van der Waals surface area contributed by atoms with Crippen LogP contribution < -0.4 is 11.3 Å². The molecule has 1 aromatic carbocycles. The maximum Gasteiger partial charge on any atom is 0.416 e. The van der Waals surface area contributed by atoms with Crippen molar-refractivity contribution in [2.45, 2.75) is 12.2 Å². The molecule has 1 unspecified atom stereocenters. The van der Waals surface area contributed by atoms with E-state index in [9.17, 15) is 17.6 Å². The number of nitrogens with zero attached hydrogens (tertiary/aromatic N) is 1. The Kier molecular flexibility index (Phi) is 4.01. The minimum Gasteiger partial charge on any atom is -0.271 e. The predicted octanol–water partition coefficient (Wildman–Crippen LogP) is 2.79. The summed E-state index contributed by atoms with van der Waals surface area (Å²) in [5, 5.41) is 0. The lowest BCUT2D eigenvalue weighted by Crippen LogP contribution is -2.30. The number of nitrogens with one attached hydrogen (secondary N) is 1. The summed E-state index contributed by atoms with van der Waals surface area (Å²) >= 11 is 0. The van der Waals surface area contributed by atoms with Crippen LogP contribution in [0.4, 0.5) is 17.6 Å². The van der Waals surface area contributed by atoms with Gasteiger partial charge < -0.3 is 0 Å². The van der Waals surface area contributed by atoms with E-state index in [0.29, 0.717) is 0 Å². The standard InChI is InChI=1S/C13H11F4N3/c14-9-5-8(6-19-7-9)12(20-18)10-3-1-2-4-11(10)13(15,16)17/h1-7,12,20H,18H2. The van der Waals surface area contributed by atoms with Gasteiger partial charge >= 0.3 is 6.18 Å². The fourth-order valence-electron chi connectivity index (χ4n) is 1.96. The van der Waals surface area contributed by atoms with Crippen molar-refractivity contribution in [2.24, 2.45) is 5.84 Å². The molecule has 1 atom stereocenters. The monoisotopic (exact) mass is 285 g/mol. The summed E-state index contributed by atoms with van der Waals surface area (Å²) in [6.07, 6.45) is -2.29. The van der Waals surface area contributed by atoms with Gasteiger partial charge in [-0.1, -0.05) is 18.2 Å². The van der Waals surface area contributed by atoms with Crippen LogP contribution in [-0.2, 0) is 6.18 Å². The fraction of sp³-hybridized carbons (Fsp3) is 0.154. The van der Waals surface area contributed by atoms with E-state index in [4.69, 9.17) is 5.84 Å². The second kappa shape index (κ2) is 5.56. The largest absolute Gasteiger partial charge is 0.416 e. The molecule has 106 valence electrons. The highest BCUT2D eigenvalue weighted by molar-refractivity contribution is 5.38. The van der Waals surface area contributed by atoms with Crippen molar-refractivity contribution in [3.05, 3.63) is 65.2 Å². The van der Waals surface area contributed by atoms with Crippen LogP contribution in [0.3, 0.4) is 0 Å². The van der Waals surface area contributed by atoms with E-state index in [1.807, 2.05) is 0 Å². The van der Waals surface area contributed by atoms with Crippen LogP contribution >= 0.6 is 0 Å². The quantitative estimate of drug-likeness (QED) is 0.518. The maximum atomic E-state index is 13.2. The number of rotatable bonds is 3. The van der Waals surface area contributed by atoms with Crippen molar-refractivity contribution in [3.8, 4) is 0 Å². The first-order valence-electron chi connectivity index (χ1n) is 5.66. The summed E-state index contributed by atoms with van der Waals surface area (Å²) in [4.78, 5) is 3.62. The normalized spacial score (nSPS) is 13.2. The highest BCUT2D eigenvalue weighted by atomic mass is 19.4. The molecule has 0 saturated carbocycles. The van der Waals surface area contributed by atoms with E-state index < -0.39 is 23.6 Å². The van der Waals surface area contributed by atoms with Crippen LogP contribution in [-0.4, -0.2) is 4.98 Å². The van der Waals surface area contributed by atoms with Crippen molar-refractivity contribution in [2.75, 3.05) is 0 Å². The molecular formula is C13H11F4N3. The van der Waals surface area contributed by atoms with E-state index in [2.05, 4.69) is 10.4 Å². The number of aromatic nitrogens is 1. The summed E-state index contributed by atoms with van der Waals surface area (Å²) in [6.45, 7) is 0. The minimum absolute atomic E-state index is 0.0881. The van der Waals surface area contributed by atoms with E-state index in [-0.39, 0.29) is 11.1 Å². The zero-order chi connectivity index (χ0) is 14.8. The average Bonchev–Trinajstić information content (AvgIpc) is 2.39. The van der Waals surface area contributed by atoms with Gasteiger partial charge in [0.15, 0.2) is 0 Å². The lowest BCUT2D eigenvalue weighted by atomic mass is 9.95. The lowest BCUT2D eigenvalue weighted by molar-refractivity contribution is -0.138. The Bertz CT molecular complexity index is 598. The van der Waals surface area contributed by atoms with Crippen molar-refractivity contribution in [1.82, 2.24) is 10.4 Å². The Balaban J connectivity index is 2.53. The Hall–Kier alpha value is -1.99. The van der Waals surface area contributed by atoms with Gasteiger partial charge in [0.25, 0.3) is 0 Å². The van der Waals surface area contributed by atoms with Crippen molar-refractivity contribution >= 4 is 0 Å². The van der Waals surface area contributed by atoms with E-state index in [0.717, 1.165) is 18.3 Å². The lowest BCUT2D eigenvalue weighted by Gasteiger charge is -2.21. The molecule has 0 fully saturated rings. The van der Waals surface area contributed by atoms with Gasteiger partial charge in [0, 0.05) is 6.20 Å². The number of benzene rings is 1. The van der Waals surface area contributed by atoms with Crippen molar-refractivity contribution < 1.29 is 17.6 Å². The summed E-state index contributed by atoms with van der Waals surface area (Å²) in [5.74, 6) is 4.69. The van der Waals surface area contributed by atoms with Crippen LogP contribution in [0.5, 0.6) is 0 Å². The molecule has 0 aliphatic heterocycles. The van der Waals surface area contributed by atoms with Gasteiger partial charge in [-0.2, -0.15) is 13.2 Å². The molecule has 0 spiro atoms. The second-order valence-electron chi connectivity index (χ2n) is 4.12. The third kappa shape index (κ3) is 2.94. The summed E-state index contributed by atoms with van der Waals surface area (Å²) in [5.41, 5.74) is 1.57. The first-order chi connectivity index (χ1) is 9.43. The van der Waals surface area contributed by atoms with E-state index >= 15 is 0 Å². The van der Waals surface area contributed by atoms with Crippen LogP contribution in [0.2, 0.25) is 0 Å². The topological polar surface area (TPSA) is 50.9 Å². The molecule has 3 nitrogen and oxygen atoms in total. The Morgan fingerprint density at radius 2 is 1.85 bits per heavy atom. The minimum atomic E-state index is -4.52. The number of hydrogen-bond donors (Lipinski definition) is 2. The maximum absolute atomic E-state index is 13.2. The smallest absolute Gasteiger partial charge is 0.271 e. The Labute approximate surface area is 112 Å². The zero-order valence-corrected chi connectivity index (χ0v) is 10.2. The molecule has 0 radical (unpaired) electrons. The predicted molar refractivity (Wildman–Crippen MR) is 64.8 cm³/mol. The number of alkyl halides is 3. The highest BCUT2D eigenvalue weighted by Gasteiger charge is 2.35. The van der Waals surface area contributed by atoms with Crippen molar-refractivity contribution in [3.63, 3.8) is 0 Å². The number of hydrazine groups is 1. The molecule has 7 heteroatoms. The molecule has 0 aliphatic carbocycles. The van der Waals surface area contributed by atoms with Crippen LogP contribution in [0.1, 0.15) is 22.7 Å². The molecule has 1 heterocycles.